The van der Waals surface area contributed by atoms with Gasteiger partial charge >= 0.3 is 6.18 Å². The van der Waals surface area contributed by atoms with E-state index in [-0.39, 0.29) is 41.5 Å². The van der Waals surface area contributed by atoms with Gasteiger partial charge in [0.15, 0.2) is 17.3 Å². The van der Waals surface area contributed by atoms with E-state index in [0.29, 0.717) is 36.5 Å². The Labute approximate surface area is 192 Å². The Morgan fingerprint density at radius 1 is 1.18 bits per heavy atom. The molecule has 4 unspecified atom stereocenters. The van der Waals surface area contributed by atoms with Gasteiger partial charge in [-0.3, -0.25) is 4.79 Å². The van der Waals surface area contributed by atoms with Crippen LogP contribution in [0.2, 0.25) is 0 Å². The van der Waals surface area contributed by atoms with E-state index in [1.165, 1.54) is 17.2 Å². The maximum atomic E-state index is 14.4. The summed E-state index contributed by atoms with van der Waals surface area (Å²) < 4.78 is 52.9. The minimum absolute atomic E-state index is 0.0818. The minimum atomic E-state index is -4.68. The molecule has 1 N–H and O–H groups in total. The molecule has 0 spiro atoms. The van der Waals surface area contributed by atoms with Crippen LogP contribution >= 0.6 is 0 Å². The number of aryl methyl sites for hydroxylation is 1. The third-order valence-corrected chi connectivity index (χ3v) is 6.62. The highest BCUT2D eigenvalue weighted by molar-refractivity contribution is 5.96. The number of carbonyl (C=O) groups is 1. The van der Waals surface area contributed by atoms with E-state index in [1.807, 2.05) is 6.92 Å². The number of halogens is 4. The second-order valence-corrected chi connectivity index (χ2v) is 8.69. The smallest absolute Gasteiger partial charge is 0.363 e. The lowest BCUT2D eigenvalue weighted by Gasteiger charge is -2.38. The zero-order valence-electron chi connectivity index (χ0n) is 18.3. The number of piperidine rings is 1. The van der Waals surface area contributed by atoms with Crippen molar-refractivity contribution in [1.82, 2.24) is 29.9 Å². The SMILES string of the molecule is Cc1ccc(-n2nccn2)c(C(=O)N2C(C)C3CC(Nc4ncc(C(F)(F)F)cc4F)C2C3)n1. The monoisotopic (exact) mass is 475 g/mol. The summed E-state index contributed by atoms with van der Waals surface area (Å²) in [5.41, 5.74) is 0.143. The Hall–Kier alpha value is -3.57. The molecule has 12 heteroatoms. The number of aromatic nitrogens is 5. The first-order valence-electron chi connectivity index (χ1n) is 10.8. The number of nitrogens with zero attached hydrogens (tertiary/aromatic N) is 6. The number of pyridine rings is 2. The van der Waals surface area contributed by atoms with E-state index in [0.717, 1.165) is 0 Å². The highest BCUT2D eigenvalue weighted by Gasteiger charge is 2.52. The predicted octanol–water partition coefficient (Wildman–Crippen LogP) is 3.63. The molecule has 3 aromatic heterocycles. The summed E-state index contributed by atoms with van der Waals surface area (Å²) in [6.45, 7) is 3.73. The second kappa shape index (κ2) is 8.03. The average Bonchev–Trinajstić information content (AvgIpc) is 3.51. The van der Waals surface area contributed by atoms with Gasteiger partial charge in [0.05, 0.1) is 24.0 Å². The number of hydrogen-bond donors (Lipinski definition) is 1. The third-order valence-electron chi connectivity index (χ3n) is 6.62. The quantitative estimate of drug-likeness (QED) is 0.580. The number of alkyl halides is 3. The lowest BCUT2D eigenvalue weighted by atomic mass is 9.97. The Bertz CT molecular complexity index is 1230. The van der Waals surface area contributed by atoms with E-state index < -0.39 is 17.6 Å². The number of amides is 1. The minimum Gasteiger partial charge on any atom is -0.363 e. The number of anilines is 1. The van der Waals surface area contributed by atoms with Crippen molar-refractivity contribution >= 4 is 11.7 Å². The van der Waals surface area contributed by atoms with Gasteiger partial charge in [-0.15, -0.1) is 4.80 Å². The van der Waals surface area contributed by atoms with Crippen LogP contribution in [-0.2, 0) is 6.18 Å². The topological polar surface area (TPSA) is 88.8 Å². The molecule has 1 saturated carbocycles. The zero-order chi connectivity index (χ0) is 24.2. The maximum Gasteiger partial charge on any atom is 0.417 e. The highest BCUT2D eigenvalue weighted by atomic mass is 19.4. The normalized spacial score (nSPS) is 24.0. The van der Waals surface area contributed by atoms with E-state index >= 15 is 0 Å². The van der Waals surface area contributed by atoms with Crippen molar-refractivity contribution in [3.05, 3.63) is 59.6 Å². The van der Waals surface area contributed by atoms with Crippen molar-refractivity contribution in [3.8, 4) is 5.69 Å². The first-order chi connectivity index (χ1) is 16.1. The first-order valence-corrected chi connectivity index (χ1v) is 10.8. The van der Waals surface area contributed by atoms with Crippen LogP contribution < -0.4 is 5.32 Å². The average molecular weight is 475 g/mol. The Balaban J connectivity index is 1.42. The van der Waals surface area contributed by atoms with Gasteiger partial charge in [-0.25, -0.2) is 14.4 Å². The third kappa shape index (κ3) is 3.76. The summed E-state index contributed by atoms with van der Waals surface area (Å²) in [6, 6.07) is 3.18. The Morgan fingerprint density at radius 2 is 1.91 bits per heavy atom. The molecule has 2 fully saturated rings. The van der Waals surface area contributed by atoms with Crippen molar-refractivity contribution in [2.75, 3.05) is 5.32 Å². The van der Waals surface area contributed by atoms with Crippen LogP contribution in [0.25, 0.3) is 5.69 Å². The molecule has 178 valence electrons. The van der Waals surface area contributed by atoms with Gasteiger partial charge in [-0.05, 0) is 50.8 Å². The zero-order valence-corrected chi connectivity index (χ0v) is 18.3. The van der Waals surface area contributed by atoms with Crippen LogP contribution in [-0.4, -0.2) is 53.9 Å². The molecular weight excluding hydrogens is 454 g/mol. The van der Waals surface area contributed by atoms with Crippen LogP contribution in [0.15, 0.2) is 36.8 Å². The largest absolute Gasteiger partial charge is 0.417 e. The molecule has 0 radical (unpaired) electrons. The first kappa shape index (κ1) is 22.2. The molecular formula is C22H21F4N7O. The van der Waals surface area contributed by atoms with Gasteiger partial charge in [0.25, 0.3) is 5.91 Å². The highest BCUT2D eigenvalue weighted by Crippen LogP contribution is 2.44. The molecule has 2 bridgehead atoms. The van der Waals surface area contributed by atoms with Crippen LogP contribution in [0.1, 0.15) is 41.5 Å². The summed E-state index contributed by atoms with van der Waals surface area (Å²) >= 11 is 0. The van der Waals surface area contributed by atoms with E-state index in [4.69, 9.17) is 0 Å². The summed E-state index contributed by atoms with van der Waals surface area (Å²) in [4.78, 5) is 24.9. The van der Waals surface area contributed by atoms with Crippen molar-refractivity contribution in [3.63, 3.8) is 0 Å². The lowest BCUT2D eigenvalue weighted by Crippen LogP contribution is -2.52. The van der Waals surface area contributed by atoms with E-state index in [1.54, 1.807) is 24.0 Å². The molecule has 1 aliphatic carbocycles. The molecule has 1 saturated heterocycles. The predicted molar refractivity (Wildman–Crippen MR) is 113 cm³/mol. The number of hydrogen-bond acceptors (Lipinski definition) is 6. The fourth-order valence-corrected chi connectivity index (χ4v) is 4.98. The van der Waals surface area contributed by atoms with Crippen molar-refractivity contribution in [2.45, 2.75) is 51.0 Å². The summed E-state index contributed by atoms with van der Waals surface area (Å²) in [7, 11) is 0. The standard InChI is InChI=1S/C22H21F4N7O/c1-11-3-4-17(33-28-5-6-29-33)19(30-11)21(34)32-12(2)13-7-16(18(32)8-13)31-20-15(23)9-14(10-27-20)22(24,25)26/h3-6,9-10,12-13,16,18H,7-8H2,1-2H3,(H,27,31). The van der Waals surface area contributed by atoms with Crippen LogP contribution in [0.5, 0.6) is 0 Å². The fraction of sp³-hybridized carbons (Fsp3) is 0.409. The van der Waals surface area contributed by atoms with Gasteiger partial charge < -0.3 is 10.2 Å². The van der Waals surface area contributed by atoms with Gasteiger partial charge in [-0.1, -0.05) is 0 Å². The summed E-state index contributed by atoms with van der Waals surface area (Å²) in [5, 5.41) is 11.2. The Kier molecular flexibility index (Phi) is 5.25. The lowest BCUT2D eigenvalue weighted by molar-refractivity contribution is -0.138. The van der Waals surface area contributed by atoms with Crippen molar-refractivity contribution in [2.24, 2.45) is 5.92 Å². The molecule has 4 atom stereocenters. The number of rotatable bonds is 4. The molecule has 1 amide bonds. The van der Waals surface area contributed by atoms with Crippen LogP contribution in [0.3, 0.4) is 0 Å². The maximum absolute atomic E-state index is 14.4. The van der Waals surface area contributed by atoms with Gasteiger partial charge in [0, 0.05) is 24.0 Å². The molecule has 1 aliphatic heterocycles. The molecule has 3 aromatic rings. The number of carbonyl (C=O) groups excluding carboxylic acids is 1. The van der Waals surface area contributed by atoms with Gasteiger partial charge in [0.2, 0.25) is 0 Å². The molecule has 4 heterocycles. The molecule has 2 aliphatic rings. The van der Waals surface area contributed by atoms with E-state index in [2.05, 4.69) is 25.5 Å². The van der Waals surface area contributed by atoms with Crippen molar-refractivity contribution < 1.29 is 22.4 Å². The number of nitrogens with one attached hydrogen (secondary N) is 1. The van der Waals surface area contributed by atoms with Crippen LogP contribution in [0.4, 0.5) is 23.4 Å². The Morgan fingerprint density at radius 3 is 2.56 bits per heavy atom. The molecule has 34 heavy (non-hydrogen) atoms. The number of likely N-dealkylation sites (tertiary alicyclic amines) is 1. The summed E-state index contributed by atoms with van der Waals surface area (Å²) in [6.07, 6.45) is 0.254. The summed E-state index contributed by atoms with van der Waals surface area (Å²) in [5.74, 6) is -1.50. The molecule has 8 nitrogen and oxygen atoms in total. The van der Waals surface area contributed by atoms with E-state index in [9.17, 15) is 22.4 Å². The van der Waals surface area contributed by atoms with Gasteiger partial charge in [0.1, 0.15) is 5.69 Å². The fourth-order valence-electron chi connectivity index (χ4n) is 4.98. The second-order valence-electron chi connectivity index (χ2n) is 8.69. The van der Waals surface area contributed by atoms with Gasteiger partial charge in [-0.2, -0.15) is 23.4 Å². The van der Waals surface area contributed by atoms with Crippen molar-refractivity contribution in [1.29, 1.82) is 0 Å². The molecule has 0 aromatic carbocycles. The van der Waals surface area contributed by atoms with Crippen LogP contribution in [0, 0.1) is 18.7 Å². The molecule has 5 rings (SSSR count). The number of fused-ring (bicyclic) bond motifs is 2.